The van der Waals surface area contributed by atoms with Crippen LogP contribution >= 0.6 is 23.1 Å². The number of methoxy groups -OCH3 is 1. The Bertz CT molecular complexity index is 1330. The number of thiophene rings is 1. The molecular weight excluding hydrogens is 448 g/mol. The summed E-state index contributed by atoms with van der Waals surface area (Å²) < 4.78 is 6.84. The zero-order valence-corrected chi connectivity index (χ0v) is 18.6. The van der Waals surface area contributed by atoms with Crippen LogP contribution in [0.3, 0.4) is 0 Å². The fraction of sp³-hybridized carbons (Fsp3) is 0.136. The van der Waals surface area contributed by atoms with Crippen LogP contribution in [0.1, 0.15) is 16.1 Å². The number of aromatic nitrogens is 3. The number of thioether (sulfide) groups is 1. The normalized spacial score (nSPS) is 10.8. The van der Waals surface area contributed by atoms with E-state index in [-0.39, 0.29) is 29.3 Å². The van der Waals surface area contributed by atoms with Gasteiger partial charge in [0.25, 0.3) is 5.56 Å². The van der Waals surface area contributed by atoms with Gasteiger partial charge in [-0.25, -0.2) is 9.78 Å². The van der Waals surface area contributed by atoms with Gasteiger partial charge >= 0.3 is 5.97 Å². The van der Waals surface area contributed by atoms with Gasteiger partial charge in [0.2, 0.25) is 5.91 Å². The van der Waals surface area contributed by atoms with Gasteiger partial charge in [-0.3, -0.25) is 19.1 Å². The van der Waals surface area contributed by atoms with Gasteiger partial charge in [-0.05, 0) is 35.7 Å². The SMILES string of the molecule is COC(=O)c1ccccc1NC(=O)CSc1nc2ccsc2c(=O)n1Cc1ccccn1. The monoisotopic (exact) mass is 466 g/mol. The average Bonchev–Trinajstić information content (AvgIpc) is 3.29. The van der Waals surface area contributed by atoms with Gasteiger partial charge in [0, 0.05) is 6.20 Å². The Morgan fingerprint density at radius 1 is 1.16 bits per heavy atom. The first-order valence-electron chi connectivity index (χ1n) is 9.54. The minimum atomic E-state index is -0.540. The molecule has 0 aliphatic heterocycles. The quantitative estimate of drug-likeness (QED) is 0.253. The van der Waals surface area contributed by atoms with Crippen LogP contribution in [-0.2, 0) is 16.1 Å². The van der Waals surface area contributed by atoms with Crippen molar-refractivity contribution in [1.82, 2.24) is 14.5 Å². The van der Waals surface area contributed by atoms with E-state index in [9.17, 15) is 14.4 Å². The molecule has 1 aromatic carbocycles. The third kappa shape index (κ3) is 4.71. The number of esters is 1. The summed E-state index contributed by atoms with van der Waals surface area (Å²) in [6, 6.07) is 13.9. The molecule has 0 spiro atoms. The lowest BCUT2D eigenvalue weighted by molar-refractivity contribution is -0.113. The molecule has 162 valence electrons. The second-order valence-electron chi connectivity index (χ2n) is 6.62. The van der Waals surface area contributed by atoms with E-state index in [0.29, 0.717) is 26.8 Å². The first-order chi connectivity index (χ1) is 15.6. The molecule has 0 atom stereocenters. The molecule has 0 radical (unpaired) electrons. The molecule has 3 aromatic heterocycles. The molecule has 8 nitrogen and oxygen atoms in total. The van der Waals surface area contributed by atoms with Crippen LogP contribution in [0.15, 0.2) is 70.1 Å². The first-order valence-corrected chi connectivity index (χ1v) is 11.4. The third-order valence-corrected chi connectivity index (χ3v) is 6.38. The van der Waals surface area contributed by atoms with Crippen molar-refractivity contribution in [3.8, 4) is 0 Å². The van der Waals surface area contributed by atoms with Crippen LogP contribution in [0.5, 0.6) is 0 Å². The number of para-hydroxylation sites is 1. The van der Waals surface area contributed by atoms with Crippen molar-refractivity contribution < 1.29 is 14.3 Å². The number of benzene rings is 1. The lowest BCUT2D eigenvalue weighted by atomic mass is 10.2. The lowest BCUT2D eigenvalue weighted by Gasteiger charge is -2.12. The molecule has 0 unspecified atom stereocenters. The molecule has 0 aliphatic carbocycles. The zero-order valence-electron chi connectivity index (χ0n) is 17.0. The molecule has 3 heterocycles. The number of anilines is 1. The van der Waals surface area contributed by atoms with Crippen molar-refractivity contribution >= 4 is 50.9 Å². The van der Waals surface area contributed by atoms with Crippen molar-refractivity contribution in [1.29, 1.82) is 0 Å². The molecule has 0 saturated carbocycles. The number of ether oxygens (including phenoxy) is 1. The number of fused-ring (bicyclic) bond motifs is 1. The van der Waals surface area contributed by atoms with Gasteiger partial charge in [0.1, 0.15) is 4.70 Å². The highest BCUT2D eigenvalue weighted by molar-refractivity contribution is 7.99. The highest BCUT2D eigenvalue weighted by atomic mass is 32.2. The molecule has 0 aliphatic rings. The van der Waals surface area contributed by atoms with E-state index in [4.69, 9.17) is 4.74 Å². The van der Waals surface area contributed by atoms with E-state index in [0.717, 1.165) is 11.8 Å². The van der Waals surface area contributed by atoms with Gasteiger partial charge in [0.15, 0.2) is 5.16 Å². The summed E-state index contributed by atoms with van der Waals surface area (Å²) in [5.41, 5.74) is 1.76. The second kappa shape index (κ2) is 9.75. The van der Waals surface area contributed by atoms with Gasteiger partial charge < -0.3 is 10.1 Å². The largest absolute Gasteiger partial charge is 0.465 e. The molecule has 32 heavy (non-hydrogen) atoms. The highest BCUT2D eigenvalue weighted by Gasteiger charge is 2.17. The van der Waals surface area contributed by atoms with Gasteiger partial charge in [-0.2, -0.15) is 0 Å². The Hall–Kier alpha value is -3.50. The third-order valence-electron chi connectivity index (χ3n) is 4.52. The molecule has 1 N–H and O–H groups in total. The summed E-state index contributed by atoms with van der Waals surface area (Å²) in [5.74, 6) is -0.877. The standard InChI is InChI=1S/C22H18N4O4S2/c1-30-21(29)15-7-2-3-8-16(15)24-18(27)13-32-22-25-17-9-11-31-19(17)20(28)26(22)12-14-6-4-5-10-23-14/h2-11H,12-13H2,1H3,(H,24,27). The first kappa shape index (κ1) is 21.7. The molecule has 0 saturated heterocycles. The Kier molecular flexibility index (Phi) is 6.62. The van der Waals surface area contributed by atoms with Crippen molar-refractivity contribution in [3.05, 3.63) is 81.7 Å². The number of hydrogen-bond acceptors (Lipinski definition) is 8. The number of nitrogens with zero attached hydrogens (tertiary/aromatic N) is 3. The van der Waals surface area contributed by atoms with E-state index in [1.807, 2.05) is 17.5 Å². The summed E-state index contributed by atoms with van der Waals surface area (Å²) in [6.45, 7) is 0.246. The Labute approximate surface area is 191 Å². The molecule has 10 heteroatoms. The van der Waals surface area contributed by atoms with Crippen molar-refractivity contribution in [2.45, 2.75) is 11.7 Å². The molecule has 0 fully saturated rings. The van der Waals surface area contributed by atoms with Crippen molar-refractivity contribution in [2.24, 2.45) is 0 Å². The number of amides is 1. The number of pyridine rings is 1. The van der Waals surface area contributed by atoms with E-state index in [1.54, 1.807) is 42.6 Å². The van der Waals surface area contributed by atoms with Crippen LogP contribution in [-0.4, -0.2) is 39.3 Å². The Balaban J connectivity index is 1.57. The Morgan fingerprint density at radius 2 is 1.97 bits per heavy atom. The maximum Gasteiger partial charge on any atom is 0.339 e. The maximum absolute atomic E-state index is 13.0. The summed E-state index contributed by atoms with van der Waals surface area (Å²) in [6.07, 6.45) is 1.66. The molecule has 0 bridgehead atoms. The molecule has 4 rings (SSSR count). The summed E-state index contributed by atoms with van der Waals surface area (Å²) >= 11 is 2.48. The number of carbonyl (C=O) groups is 2. The van der Waals surface area contributed by atoms with E-state index >= 15 is 0 Å². The van der Waals surface area contributed by atoms with E-state index in [2.05, 4.69) is 15.3 Å². The lowest BCUT2D eigenvalue weighted by Crippen LogP contribution is -2.24. The van der Waals surface area contributed by atoms with Gasteiger partial charge in [-0.1, -0.05) is 30.0 Å². The number of hydrogen-bond donors (Lipinski definition) is 1. The summed E-state index contributed by atoms with van der Waals surface area (Å²) in [5, 5.41) is 4.96. The van der Waals surface area contributed by atoms with Crippen LogP contribution in [0.25, 0.3) is 10.2 Å². The molecular formula is C22H18N4O4S2. The molecule has 1 amide bonds. The van der Waals surface area contributed by atoms with Crippen molar-refractivity contribution in [2.75, 3.05) is 18.2 Å². The fourth-order valence-electron chi connectivity index (χ4n) is 3.02. The van der Waals surface area contributed by atoms with Crippen LogP contribution in [0, 0.1) is 0 Å². The van der Waals surface area contributed by atoms with Gasteiger partial charge in [-0.15, -0.1) is 11.3 Å². The van der Waals surface area contributed by atoms with Crippen molar-refractivity contribution in [3.63, 3.8) is 0 Å². The predicted octanol–water partition coefficient (Wildman–Crippen LogP) is 3.42. The highest BCUT2D eigenvalue weighted by Crippen LogP contribution is 2.22. The maximum atomic E-state index is 13.0. The number of carbonyl (C=O) groups excluding carboxylic acids is 2. The van der Waals surface area contributed by atoms with Gasteiger partial charge in [0.05, 0.1) is 41.9 Å². The smallest absolute Gasteiger partial charge is 0.339 e. The minimum absolute atomic E-state index is 0.000190. The van der Waals surface area contributed by atoms with E-state index in [1.165, 1.54) is 23.0 Å². The minimum Gasteiger partial charge on any atom is -0.465 e. The predicted molar refractivity (Wildman–Crippen MR) is 124 cm³/mol. The fourth-order valence-corrected chi connectivity index (χ4v) is 4.60. The molecule has 4 aromatic rings. The van der Waals surface area contributed by atoms with Crippen LogP contribution < -0.4 is 10.9 Å². The van der Waals surface area contributed by atoms with E-state index < -0.39 is 5.97 Å². The summed E-state index contributed by atoms with van der Waals surface area (Å²) in [4.78, 5) is 46.4. The average molecular weight is 467 g/mol. The number of nitrogens with one attached hydrogen (secondary N) is 1. The number of rotatable bonds is 7. The zero-order chi connectivity index (χ0) is 22.5. The topological polar surface area (TPSA) is 103 Å². The second-order valence-corrected chi connectivity index (χ2v) is 8.47. The Morgan fingerprint density at radius 3 is 2.75 bits per heavy atom. The summed E-state index contributed by atoms with van der Waals surface area (Å²) in [7, 11) is 1.28. The van der Waals surface area contributed by atoms with Crippen LogP contribution in [0.4, 0.5) is 5.69 Å². The van der Waals surface area contributed by atoms with Crippen LogP contribution in [0.2, 0.25) is 0 Å².